The molecule has 0 aliphatic rings. The van der Waals surface area contributed by atoms with Crippen LogP contribution in [0.25, 0.3) is 10.9 Å². The highest BCUT2D eigenvalue weighted by Crippen LogP contribution is 2.12. The van der Waals surface area contributed by atoms with Crippen molar-refractivity contribution < 1.29 is 5.21 Å². The molecule has 100 valence electrons. The molecular formula is C13H12N6O. The van der Waals surface area contributed by atoms with Crippen LogP contribution < -0.4 is 5.73 Å². The first kappa shape index (κ1) is 12.1. The molecule has 3 rings (SSSR count). The molecule has 20 heavy (non-hydrogen) atoms. The number of hydrogen-bond acceptors (Lipinski definition) is 5. The van der Waals surface area contributed by atoms with E-state index in [9.17, 15) is 0 Å². The standard InChI is InChI=1S/C13H12N6O/c14-12(18-20)13-15-8-19(17-13)7-10-6-5-9-3-1-2-4-11(9)16-10/h1-6,8,20H,7H2,(H2,14,18). The van der Waals surface area contributed by atoms with Gasteiger partial charge in [-0.05, 0) is 12.1 Å². The van der Waals surface area contributed by atoms with Crippen LogP contribution >= 0.6 is 0 Å². The Morgan fingerprint density at radius 3 is 2.95 bits per heavy atom. The zero-order valence-corrected chi connectivity index (χ0v) is 10.5. The van der Waals surface area contributed by atoms with Crippen LogP contribution in [-0.2, 0) is 6.54 Å². The van der Waals surface area contributed by atoms with Crippen molar-refractivity contribution in [3.8, 4) is 0 Å². The number of amidine groups is 1. The average molecular weight is 268 g/mol. The van der Waals surface area contributed by atoms with Crippen LogP contribution in [0, 0.1) is 0 Å². The van der Waals surface area contributed by atoms with Crippen LogP contribution in [0.3, 0.4) is 0 Å². The number of rotatable bonds is 3. The third kappa shape index (κ3) is 2.28. The van der Waals surface area contributed by atoms with Crippen molar-refractivity contribution in [2.24, 2.45) is 10.9 Å². The minimum Gasteiger partial charge on any atom is -0.409 e. The summed E-state index contributed by atoms with van der Waals surface area (Å²) in [5.41, 5.74) is 7.21. The van der Waals surface area contributed by atoms with Gasteiger partial charge in [-0.2, -0.15) is 0 Å². The SMILES string of the molecule is NC(=NO)c1ncn(Cc2ccc3ccccc3n2)n1. The molecule has 0 spiro atoms. The summed E-state index contributed by atoms with van der Waals surface area (Å²) in [6, 6.07) is 11.8. The third-order valence-electron chi connectivity index (χ3n) is 2.85. The van der Waals surface area contributed by atoms with E-state index in [1.54, 1.807) is 4.68 Å². The van der Waals surface area contributed by atoms with Gasteiger partial charge in [0.1, 0.15) is 6.33 Å². The Morgan fingerprint density at radius 1 is 1.25 bits per heavy atom. The molecule has 2 aromatic heterocycles. The number of nitrogens with two attached hydrogens (primary N) is 1. The Hall–Kier alpha value is -2.96. The van der Waals surface area contributed by atoms with Crippen LogP contribution in [0.4, 0.5) is 0 Å². The minimum atomic E-state index is -0.116. The van der Waals surface area contributed by atoms with Gasteiger partial charge >= 0.3 is 0 Å². The lowest BCUT2D eigenvalue weighted by atomic mass is 10.2. The van der Waals surface area contributed by atoms with Gasteiger partial charge in [0.05, 0.1) is 17.8 Å². The molecule has 1 aromatic carbocycles. The number of nitrogens with zero attached hydrogens (tertiary/aromatic N) is 5. The molecule has 0 aliphatic carbocycles. The minimum absolute atomic E-state index is 0.116. The summed E-state index contributed by atoms with van der Waals surface area (Å²) >= 11 is 0. The van der Waals surface area contributed by atoms with E-state index >= 15 is 0 Å². The van der Waals surface area contributed by atoms with Crippen molar-refractivity contribution in [3.63, 3.8) is 0 Å². The Labute approximate surface area is 114 Å². The summed E-state index contributed by atoms with van der Waals surface area (Å²) < 4.78 is 1.59. The molecule has 7 heteroatoms. The maximum absolute atomic E-state index is 8.57. The Bertz CT molecular complexity index is 779. The fraction of sp³-hybridized carbons (Fsp3) is 0.0769. The average Bonchev–Trinajstić information content (AvgIpc) is 2.95. The van der Waals surface area contributed by atoms with E-state index in [4.69, 9.17) is 10.9 Å². The van der Waals surface area contributed by atoms with E-state index in [0.717, 1.165) is 16.6 Å². The lowest BCUT2D eigenvalue weighted by Gasteiger charge is -2.02. The number of benzene rings is 1. The number of para-hydroxylation sites is 1. The molecule has 3 aromatic rings. The maximum atomic E-state index is 8.57. The number of fused-ring (bicyclic) bond motifs is 1. The van der Waals surface area contributed by atoms with Gasteiger partial charge in [0.2, 0.25) is 11.7 Å². The van der Waals surface area contributed by atoms with Crippen LogP contribution in [-0.4, -0.2) is 30.8 Å². The largest absolute Gasteiger partial charge is 0.409 e. The van der Waals surface area contributed by atoms with Crippen LogP contribution in [0.2, 0.25) is 0 Å². The summed E-state index contributed by atoms with van der Waals surface area (Å²) in [4.78, 5) is 8.50. The molecule has 0 fully saturated rings. The van der Waals surface area contributed by atoms with Crippen LogP contribution in [0.5, 0.6) is 0 Å². The van der Waals surface area contributed by atoms with Crippen molar-refractivity contribution in [1.82, 2.24) is 19.7 Å². The molecule has 0 saturated carbocycles. The predicted molar refractivity (Wildman–Crippen MR) is 73.4 cm³/mol. The molecule has 0 atom stereocenters. The Morgan fingerprint density at radius 2 is 2.10 bits per heavy atom. The Balaban J connectivity index is 1.87. The topological polar surface area (TPSA) is 102 Å². The molecule has 0 saturated heterocycles. The fourth-order valence-electron chi connectivity index (χ4n) is 1.90. The van der Waals surface area contributed by atoms with Crippen molar-refractivity contribution in [2.75, 3.05) is 0 Å². The highest BCUT2D eigenvalue weighted by molar-refractivity contribution is 5.93. The second-order valence-corrected chi connectivity index (χ2v) is 4.25. The van der Waals surface area contributed by atoms with E-state index in [0.29, 0.717) is 6.54 Å². The van der Waals surface area contributed by atoms with Gasteiger partial charge in [0, 0.05) is 5.39 Å². The van der Waals surface area contributed by atoms with E-state index in [1.165, 1.54) is 6.33 Å². The van der Waals surface area contributed by atoms with Gasteiger partial charge in [-0.1, -0.05) is 29.4 Å². The molecule has 7 nitrogen and oxygen atoms in total. The first-order chi connectivity index (χ1) is 9.76. The molecule has 0 amide bonds. The number of aromatic nitrogens is 4. The van der Waals surface area contributed by atoms with E-state index in [-0.39, 0.29) is 11.7 Å². The summed E-state index contributed by atoms with van der Waals surface area (Å²) in [5.74, 6) is 0.0727. The lowest BCUT2D eigenvalue weighted by molar-refractivity contribution is 0.318. The van der Waals surface area contributed by atoms with Crippen molar-refractivity contribution >= 4 is 16.7 Å². The van der Waals surface area contributed by atoms with Crippen LogP contribution in [0.15, 0.2) is 47.9 Å². The van der Waals surface area contributed by atoms with Gasteiger partial charge in [-0.15, -0.1) is 5.10 Å². The maximum Gasteiger partial charge on any atom is 0.219 e. The zero-order chi connectivity index (χ0) is 13.9. The second kappa shape index (κ2) is 4.96. The molecule has 2 heterocycles. The smallest absolute Gasteiger partial charge is 0.219 e. The summed E-state index contributed by atoms with van der Waals surface area (Å²) in [7, 11) is 0. The summed E-state index contributed by atoms with van der Waals surface area (Å²) in [6.07, 6.45) is 1.52. The number of hydrogen-bond donors (Lipinski definition) is 2. The van der Waals surface area contributed by atoms with Gasteiger partial charge in [-0.3, -0.25) is 4.98 Å². The van der Waals surface area contributed by atoms with Crippen molar-refractivity contribution in [2.45, 2.75) is 6.54 Å². The van der Waals surface area contributed by atoms with Gasteiger partial charge < -0.3 is 10.9 Å². The molecule has 3 N–H and O–H groups in total. The first-order valence-electron chi connectivity index (χ1n) is 5.98. The van der Waals surface area contributed by atoms with Crippen molar-refractivity contribution in [1.29, 1.82) is 0 Å². The Kier molecular flexibility index (Phi) is 3.00. The highest BCUT2D eigenvalue weighted by atomic mass is 16.4. The van der Waals surface area contributed by atoms with E-state index < -0.39 is 0 Å². The molecule has 0 bridgehead atoms. The normalized spacial score (nSPS) is 11.9. The van der Waals surface area contributed by atoms with E-state index in [2.05, 4.69) is 20.2 Å². The van der Waals surface area contributed by atoms with Gasteiger partial charge in [0.25, 0.3) is 0 Å². The van der Waals surface area contributed by atoms with E-state index in [1.807, 2.05) is 36.4 Å². The predicted octanol–water partition coefficient (Wildman–Crippen LogP) is 0.969. The third-order valence-corrected chi connectivity index (χ3v) is 2.85. The number of oxime groups is 1. The van der Waals surface area contributed by atoms with Gasteiger partial charge in [-0.25, -0.2) is 9.67 Å². The second-order valence-electron chi connectivity index (χ2n) is 4.25. The first-order valence-corrected chi connectivity index (χ1v) is 5.98. The molecule has 0 unspecified atom stereocenters. The summed E-state index contributed by atoms with van der Waals surface area (Å²) in [5, 5.41) is 16.6. The van der Waals surface area contributed by atoms with Crippen LogP contribution in [0.1, 0.15) is 11.5 Å². The highest BCUT2D eigenvalue weighted by Gasteiger charge is 2.06. The molecular weight excluding hydrogens is 256 g/mol. The quantitative estimate of drug-likeness (QED) is 0.319. The lowest BCUT2D eigenvalue weighted by Crippen LogP contribution is -2.15. The zero-order valence-electron chi connectivity index (χ0n) is 10.5. The monoisotopic (exact) mass is 268 g/mol. The fourth-order valence-corrected chi connectivity index (χ4v) is 1.90. The van der Waals surface area contributed by atoms with Crippen molar-refractivity contribution in [3.05, 3.63) is 54.2 Å². The molecule has 0 radical (unpaired) electrons. The molecule has 0 aliphatic heterocycles. The number of pyridine rings is 1. The van der Waals surface area contributed by atoms with Gasteiger partial charge in [0.15, 0.2) is 0 Å². The summed E-state index contributed by atoms with van der Waals surface area (Å²) in [6.45, 7) is 0.469.